The monoisotopic (exact) mass is 482 g/mol. The highest BCUT2D eigenvalue weighted by molar-refractivity contribution is 7.99. The van der Waals surface area contributed by atoms with E-state index < -0.39 is 18.5 Å². The molecule has 0 saturated heterocycles. The lowest BCUT2D eigenvalue weighted by Crippen LogP contribution is -2.21. The minimum absolute atomic E-state index is 0.286. The van der Waals surface area contributed by atoms with E-state index in [-0.39, 0.29) is 5.56 Å². The number of anilines is 1. The number of rotatable bonds is 8. The van der Waals surface area contributed by atoms with Gasteiger partial charge in [0, 0.05) is 21.9 Å². The molecule has 0 saturated carbocycles. The average molecular weight is 483 g/mol. The van der Waals surface area contributed by atoms with Gasteiger partial charge in [-0.15, -0.1) is 0 Å². The van der Waals surface area contributed by atoms with Gasteiger partial charge in [0.2, 0.25) is 0 Å². The highest BCUT2D eigenvalue weighted by Gasteiger charge is 2.18. The molecule has 1 N–H and O–H groups in total. The maximum Gasteiger partial charge on any atom is 0.339 e. The second kappa shape index (κ2) is 11.3. The standard InChI is InChI=1S/C24H19ClN2O5S/c1-30-19-12-18(20(31-2)11-17(19)25)27-23(28)14-32-24(29)16-8-4-6-10-22(16)33-21-9-5-3-7-15(21)13-26/h3-12H,14H2,1-2H3,(H,27,28). The summed E-state index contributed by atoms with van der Waals surface area (Å²) >= 11 is 7.35. The Bertz CT molecular complexity index is 1230. The van der Waals surface area contributed by atoms with E-state index in [4.69, 9.17) is 25.8 Å². The molecule has 0 bridgehead atoms. The molecule has 0 radical (unpaired) electrons. The zero-order chi connectivity index (χ0) is 23.8. The van der Waals surface area contributed by atoms with Crippen LogP contribution >= 0.6 is 23.4 Å². The van der Waals surface area contributed by atoms with E-state index in [1.165, 1.54) is 38.1 Å². The van der Waals surface area contributed by atoms with Crippen molar-refractivity contribution >= 4 is 40.9 Å². The summed E-state index contributed by atoms with van der Waals surface area (Å²) in [6.07, 6.45) is 0. The number of ether oxygens (including phenoxy) is 3. The molecule has 3 aromatic rings. The van der Waals surface area contributed by atoms with Crippen LogP contribution in [-0.2, 0) is 9.53 Å². The molecule has 33 heavy (non-hydrogen) atoms. The van der Waals surface area contributed by atoms with Crippen LogP contribution in [0.25, 0.3) is 0 Å². The molecule has 0 unspecified atom stereocenters. The molecular formula is C24H19ClN2O5S. The highest BCUT2D eigenvalue weighted by atomic mass is 35.5. The summed E-state index contributed by atoms with van der Waals surface area (Å²) < 4.78 is 15.6. The Morgan fingerprint density at radius 1 is 1.00 bits per heavy atom. The summed E-state index contributed by atoms with van der Waals surface area (Å²) in [4.78, 5) is 26.4. The van der Waals surface area contributed by atoms with E-state index in [1.807, 2.05) is 6.07 Å². The van der Waals surface area contributed by atoms with Crippen molar-refractivity contribution in [2.24, 2.45) is 0 Å². The van der Waals surface area contributed by atoms with Gasteiger partial charge >= 0.3 is 5.97 Å². The summed E-state index contributed by atoms with van der Waals surface area (Å²) in [5.41, 5.74) is 1.11. The van der Waals surface area contributed by atoms with Gasteiger partial charge in [-0.2, -0.15) is 5.26 Å². The van der Waals surface area contributed by atoms with Gasteiger partial charge in [-0.3, -0.25) is 4.79 Å². The lowest BCUT2D eigenvalue weighted by atomic mass is 10.2. The molecule has 0 heterocycles. The van der Waals surface area contributed by atoms with Crippen molar-refractivity contribution in [2.45, 2.75) is 9.79 Å². The summed E-state index contributed by atoms with van der Waals surface area (Å²) in [5.74, 6) is -0.541. The Labute approximate surface area is 200 Å². The van der Waals surface area contributed by atoms with E-state index in [0.717, 1.165) is 0 Å². The molecular weight excluding hydrogens is 464 g/mol. The van der Waals surface area contributed by atoms with Gasteiger partial charge < -0.3 is 19.5 Å². The third-order valence-electron chi connectivity index (χ3n) is 4.42. The molecule has 3 aromatic carbocycles. The molecule has 7 nitrogen and oxygen atoms in total. The Hall–Kier alpha value is -3.67. The summed E-state index contributed by atoms with van der Waals surface area (Å²) in [5, 5.41) is 12.2. The number of methoxy groups -OCH3 is 2. The largest absolute Gasteiger partial charge is 0.495 e. The zero-order valence-electron chi connectivity index (χ0n) is 17.8. The molecule has 0 aromatic heterocycles. The predicted molar refractivity (Wildman–Crippen MR) is 125 cm³/mol. The number of carbonyl (C=O) groups is 2. The Balaban J connectivity index is 1.70. The van der Waals surface area contributed by atoms with Gasteiger partial charge in [0.1, 0.15) is 17.6 Å². The maximum absolute atomic E-state index is 12.7. The molecule has 1 amide bonds. The van der Waals surface area contributed by atoms with Crippen LogP contribution in [0.2, 0.25) is 5.02 Å². The molecule has 0 aliphatic rings. The number of hydrogen-bond acceptors (Lipinski definition) is 7. The first kappa shape index (κ1) is 24.0. The van der Waals surface area contributed by atoms with Crippen LogP contribution in [0.15, 0.2) is 70.5 Å². The molecule has 3 rings (SSSR count). The minimum Gasteiger partial charge on any atom is -0.495 e. The predicted octanol–water partition coefficient (Wildman–Crippen LogP) is 5.18. The van der Waals surface area contributed by atoms with Gasteiger partial charge in [-0.25, -0.2) is 4.79 Å². The number of halogens is 1. The van der Waals surface area contributed by atoms with Crippen LogP contribution in [0, 0.1) is 11.3 Å². The number of nitrogens with one attached hydrogen (secondary N) is 1. The quantitative estimate of drug-likeness (QED) is 0.442. The van der Waals surface area contributed by atoms with Crippen LogP contribution in [-0.4, -0.2) is 32.7 Å². The van der Waals surface area contributed by atoms with Crippen molar-refractivity contribution in [1.29, 1.82) is 5.26 Å². The van der Waals surface area contributed by atoms with Gasteiger partial charge in [0.25, 0.3) is 5.91 Å². The fourth-order valence-corrected chi connectivity index (χ4v) is 4.09. The number of hydrogen-bond donors (Lipinski definition) is 1. The molecule has 0 spiro atoms. The van der Waals surface area contributed by atoms with Crippen molar-refractivity contribution in [1.82, 2.24) is 0 Å². The molecule has 0 atom stereocenters. The lowest BCUT2D eigenvalue weighted by Gasteiger charge is -2.13. The van der Waals surface area contributed by atoms with E-state index in [1.54, 1.807) is 42.5 Å². The summed E-state index contributed by atoms with van der Waals surface area (Å²) in [6, 6.07) is 19.1. The van der Waals surface area contributed by atoms with Gasteiger partial charge in [-0.1, -0.05) is 47.6 Å². The van der Waals surface area contributed by atoms with Gasteiger partial charge in [-0.05, 0) is 24.3 Å². The minimum atomic E-state index is -0.664. The second-order valence-electron chi connectivity index (χ2n) is 6.52. The van der Waals surface area contributed by atoms with Crippen LogP contribution in [0.5, 0.6) is 11.5 Å². The Morgan fingerprint density at radius 2 is 1.67 bits per heavy atom. The molecule has 168 valence electrons. The maximum atomic E-state index is 12.7. The first-order chi connectivity index (χ1) is 16.0. The van der Waals surface area contributed by atoms with Crippen molar-refractivity contribution in [3.05, 3.63) is 76.8 Å². The molecule has 0 aliphatic carbocycles. The third-order valence-corrected chi connectivity index (χ3v) is 5.86. The number of nitriles is 1. The SMILES string of the molecule is COc1cc(NC(=O)COC(=O)c2ccccc2Sc2ccccc2C#N)c(OC)cc1Cl. The Morgan fingerprint density at radius 3 is 2.36 bits per heavy atom. The van der Waals surface area contributed by atoms with Crippen molar-refractivity contribution in [2.75, 3.05) is 26.1 Å². The third kappa shape index (κ3) is 5.98. The normalized spacial score (nSPS) is 10.1. The summed E-state index contributed by atoms with van der Waals surface area (Å²) in [6.45, 7) is -0.513. The molecule has 0 aliphatic heterocycles. The van der Waals surface area contributed by atoms with Crippen LogP contribution in [0.3, 0.4) is 0 Å². The molecule has 0 fully saturated rings. The van der Waals surface area contributed by atoms with Crippen LogP contribution in [0.1, 0.15) is 15.9 Å². The lowest BCUT2D eigenvalue weighted by molar-refractivity contribution is -0.119. The van der Waals surface area contributed by atoms with Crippen LogP contribution < -0.4 is 14.8 Å². The number of benzene rings is 3. The van der Waals surface area contributed by atoms with Gasteiger partial charge in [0.15, 0.2) is 6.61 Å². The van der Waals surface area contributed by atoms with Crippen molar-refractivity contribution < 1.29 is 23.8 Å². The topological polar surface area (TPSA) is 97.6 Å². The fraction of sp³-hybridized carbons (Fsp3) is 0.125. The van der Waals surface area contributed by atoms with Crippen molar-refractivity contribution in [3.8, 4) is 17.6 Å². The fourth-order valence-electron chi connectivity index (χ4n) is 2.84. The zero-order valence-corrected chi connectivity index (χ0v) is 19.3. The number of amides is 1. The van der Waals surface area contributed by atoms with E-state index in [0.29, 0.717) is 37.6 Å². The van der Waals surface area contributed by atoms with Crippen LogP contribution in [0.4, 0.5) is 5.69 Å². The number of esters is 1. The first-order valence-electron chi connectivity index (χ1n) is 9.61. The Kier molecular flexibility index (Phi) is 8.19. The van der Waals surface area contributed by atoms with E-state index in [2.05, 4.69) is 11.4 Å². The highest BCUT2D eigenvalue weighted by Crippen LogP contribution is 2.36. The summed E-state index contributed by atoms with van der Waals surface area (Å²) in [7, 11) is 2.89. The van der Waals surface area contributed by atoms with Gasteiger partial charge in [0.05, 0.1) is 36.1 Å². The van der Waals surface area contributed by atoms with Crippen molar-refractivity contribution in [3.63, 3.8) is 0 Å². The average Bonchev–Trinajstić information content (AvgIpc) is 2.84. The number of carbonyl (C=O) groups excluding carboxylic acids is 2. The molecule has 9 heteroatoms. The first-order valence-corrected chi connectivity index (χ1v) is 10.8. The van der Waals surface area contributed by atoms with E-state index in [9.17, 15) is 14.9 Å². The van der Waals surface area contributed by atoms with E-state index >= 15 is 0 Å². The second-order valence-corrected chi connectivity index (χ2v) is 8.01. The number of nitrogens with zero attached hydrogens (tertiary/aromatic N) is 1. The smallest absolute Gasteiger partial charge is 0.339 e.